The van der Waals surface area contributed by atoms with Crippen LogP contribution in [-0.2, 0) is 19.6 Å². The first-order chi connectivity index (χ1) is 12.3. The van der Waals surface area contributed by atoms with Crippen LogP contribution >= 0.6 is 0 Å². The summed E-state index contributed by atoms with van der Waals surface area (Å²) in [5, 5.41) is 13.0. The second-order valence-electron chi connectivity index (χ2n) is 6.46. The third kappa shape index (κ3) is 2.70. The lowest BCUT2D eigenvalue weighted by Crippen LogP contribution is -2.33. The fourth-order valence-corrected chi connectivity index (χ4v) is 3.44. The Bertz CT molecular complexity index is 1020. The van der Waals surface area contributed by atoms with Crippen LogP contribution in [0.3, 0.4) is 0 Å². The Hall–Kier alpha value is -2.99. The van der Waals surface area contributed by atoms with Crippen molar-refractivity contribution in [1.82, 2.24) is 29.9 Å². The maximum Gasteiger partial charge on any atom is 0.111 e. The summed E-state index contributed by atoms with van der Waals surface area (Å²) >= 11 is 0. The molecule has 1 aliphatic heterocycles. The van der Waals surface area contributed by atoms with Crippen LogP contribution in [0.5, 0.6) is 0 Å². The number of benzene rings is 1. The zero-order valence-corrected chi connectivity index (χ0v) is 13.8. The number of hydrogen-bond donors (Lipinski definition) is 1. The maximum absolute atomic E-state index is 4.71. The van der Waals surface area contributed by atoms with Crippen LogP contribution in [-0.4, -0.2) is 36.4 Å². The van der Waals surface area contributed by atoms with E-state index in [-0.39, 0.29) is 0 Å². The van der Waals surface area contributed by atoms with Gasteiger partial charge in [0.2, 0.25) is 0 Å². The molecule has 0 saturated heterocycles. The van der Waals surface area contributed by atoms with Crippen molar-refractivity contribution in [2.24, 2.45) is 0 Å². The molecule has 4 aromatic rings. The standard InChI is InChI=1S/C19H18N6/c1-2-6-20-18(3-1)19-10-16-13-24(7-8-25(16)23-19)12-14-4-5-17-15(9-14)11-21-22-17/h1-6,9-11H,7-8,12-13H2,(H,21,22). The van der Waals surface area contributed by atoms with E-state index in [9.17, 15) is 0 Å². The Labute approximate surface area is 145 Å². The maximum atomic E-state index is 4.71. The van der Waals surface area contributed by atoms with Gasteiger partial charge in [0.15, 0.2) is 0 Å². The summed E-state index contributed by atoms with van der Waals surface area (Å²) in [4.78, 5) is 6.86. The van der Waals surface area contributed by atoms with Gasteiger partial charge in [-0.3, -0.25) is 19.7 Å². The molecule has 0 unspecified atom stereocenters. The molecule has 0 amide bonds. The molecule has 25 heavy (non-hydrogen) atoms. The molecule has 4 heterocycles. The molecule has 0 bridgehead atoms. The molecule has 3 aromatic heterocycles. The number of hydrogen-bond acceptors (Lipinski definition) is 4. The first-order valence-corrected chi connectivity index (χ1v) is 8.48. The highest BCUT2D eigenvalue weighted by atomic mass is 15.3. The topological polar surface area (TPSA) is 62.6 Å². The molecule has 0 fully saturated rings. The summed E-state index contributed by atoms with van der Waals surface area (Å²) in [5.74, 6) is 0. The van der Waals surface area contributed by atoms with Gasteiger partial charge >= 0.3 is 0 Å². The van der Waals surface area contributed by atoms with E-state index in [1.54, 1.807) is 0 Å². The van der Waals surface area contributed by atoms with Crippen molar-refractivity contribution in [3.05, 3.63) is 66.1 Å². The van der Waals surface area contributed by atoms with E-state index in [1.165, 1.54) is 11.3 Å². The first kappa shape index (κ1) is 14.4. The second-order valence-corrected chi connectivity index (χ2v) is 6.46. The van der Waals surface area contributed by atoms with Gasteiger partial charge in [-0.1, -0.05) is 12.1 Å². The van der Waals surface area contributed by atoms with E-state index in [1.807, 2.05) is 30.6 Å². The molecule has 0 saturated carbocycles. The predicted molar refractivity (Wildman–Crippen MR) is 95.7 cm³/mol. The van der Waals surface area contributed by atoms with Crippen LogP contribution < -0.4 is 0 Å². The molecule has 6 nitrogen and oxygen atoms in total. The Morgan fingerprint density at radius 2 is 2.04 bits per heavy atom. The van der Waals surface area contributed by atoms with Crippen molar-refractivity contribution >= 4 is 10.9 Å². The minimum absolute atomic E-state index is 0.906. The van der Waals surface area contributed by atoms with Crippen molar-refractivity contribution in [1.29, 1.82) is 0 Å². The first-order valence-electron chi connectivity index (χ1n) is 8.48. The van der Waals surface area contributed by atoms with E-state index >= 15 is 0 Å². The van der Waals surface area contributed by atoms with Gasteiger partial charge in [0.25, 0.3) is 0 Å². The van der Waals surface area contributed by atoms with Crippen molar-refractivity contribution in [3.8, 4) is 11.4 Å². The van der Waals surface area contributed by atoms with Gasteiger partial charge in [-0.25, -0.2) is 0 Å². The zero-order valence-electron chi connectivity index (χ0n) is 13.8. The van der Waals surface area contributed by atoms with Gasteiger partial charge in [-0.2, -0.15) is 10.2 Å². The Kier molecular flexibility index (Phi) is 3.34. The van der Waals surface area contributed by atoms with E-state index < -0.39 is 0 Å². The SMILES string of the molecule is c1ccc(-c2cc3n(n2)CCN(Cc2ccc4[nH]ncc4c2)C3)nc1. The Morgan fingerprint density at radius 3 is 2.96 bits per heavy atom. The van der Waals surface area contributed by atoms with E-state index in [2.05, 4.69) is 49.0 Å². The molecule has 5 rings (SSSR count). The number of pyridine rings is 1. The summed E-state index contributed by atoms with van der Waals surface area (Å²) in [6, 6.07) is 14.6. The van der Waals surface area contributed by atoms with Crippen molar-refractivity contribution in [3.63, 3.8) is 0 Å². The molecule has 0 radical (unpaired) electrons. The number of H-pyrrole nitrogens is 1. The van der Waals surface area contributed by atoms with Crippen LogP contribution in [0.25, 0.3) is 22.3 Å². The fraction of sp³-hybridized carbons (Fsp3) is 0.211. The highest BCUT2D eigenvalue weighted by Gasteiger charge is 2.19. The van der Waals surface area contributed by atoms with Crippen molar-refractivity contribution < 1.29 is 0 Å². The fourth-order valence-electron chi connectivity index (χ4n) is 3.44. The van der Waals surface area contributed by atoms with Crippen LogP contribution in [0.4, 0.5) is 0 Å². The van der Waals surface area contributed by atoms with Crippen LogP contribution in [0.2, 0.25) is 0 Å². The smallest absolute Gasteiger partial charge is 0.111 e. The minimum Gasteiger partial charge on any atom is -0.291 e. The van der Waals surface area contributed by atoms with Crippen molar-refractivity contribution in [2.75, 3.05) is 6.54 Å². The Balaban J connectivity index is 1.36. The van der Waals surface area contributed by atoms with Gasteiger partial charge in [0.05, 0.1) is 29.6 Å². The lowest BCUT2D eigenvalue weighted by Gasteiger charge is -2.27. The highest BCUT2D eigenvalue weighted by molar-refractivity contribution is 5.78. The molecule has 124 valence electrons. The van der Waals surface area contributed by atoms with Crippen LogP contribution in [0.1, 0.15) is 11.3 Å². The van der Waals surface area contributed by atoms with Crippen LogP contribution in [0.15, 0.2) is 54.9 Å². The van der Waals surface area contributed by atoms with Crippen LogP contribution in [0, 0.1) is 0 Å². The number of rotatable bonds is 3. The number of aromatic nitrogens is 5. The monoisotopic (exact) mass is 330 g/mol. The molecule has 1 N–H and O–H groups in total. The largest absolute Gasteiger partial charge is 0.291 e. The van der Waals surface area contributed by atoms with Gasteiger partial charge in [-0.05, 0) is 35.9 Å². The highest BCUT2D eigenvalue weighted by Crippen LogP contribution is 2.22. The number of aromatic amines is 1. The molecule has 0 atom stereocenters. The van der Waals surface area contributed by atoms with Gasteiger partial charge in [-0.15, -0.1) is 0 Å². The summed E-state index contributed by atoms with van der Waals surface area (Å²) < 4.78 is 2.11. The number of nitrogens with one attached hydrogen (secondary N) is 1. The molecule has 1 aromatic carbocycles. The van der Waals surface area contributed by atoms with Gasteiger partial charge in [0, 0.05) is 31.2 Å². The lowest BCUT2D eigenvalue weighted by molar-refractivity contribution is 0.205. The van der Waals surface area contributed by atoms with Crippen molar-refractivity contribution in [2.45, 2.75) is 19.6 Å². The summed E-state index contributed by atoms with van der Waals surface area (Å²) in [7, 11) is 0. The number of nitrogens with zero attached hydrogens (tertiary/aromatic N) is 5. The second kappa shape index (κ2) is 5.82. The molecular formula is C19H18N6. The number of fused-ring (bicyclic) bond motifs is 2. The lowest BCUT2D eigenvalue weighted by atomic mass is 10.1. The third-order valence-corrected chi connectivity index (χ3v) is 4.72. The average Bonchev–Trinajstić information content (AvgIpc) is 3.28. The predicted octanol–water partition coefficient (Wildman–Crippen LogP) is 2.84. The molecule has 1 aliphatic rings. The molecular weight excluding hydrogens is 312 g/mol. The third-order valence-electron chi connectivity index (χ3n) is 4.72. The molecule has 6 heteroatoms. The normalized spacial score (nSPS) is 14.7. The Morgan fingerprint density at radius 1 is 1.04 bits per heavy atom. The summed E-state index contributed by atoms with van der Waals surface area (Å²) in [6.07, 6.45) is 3.69. The van der Waals surface area contributed by atoms with Gasteiger partial charge < -0.3 is 0 Å². The molecule has 0 spiro atoms. The quantitative estimate of drug-likeness (QED) is 0.627. The zero-order chi connectivity index (χ0) is 16.6. The van der Waals surface area contributed by atoms with E-state index in [0.29, 0.717) is 0 Å². The van der Waals surface area contributed by atoms with E-state index in [4.69, 9.17) is 5.10 Å². The average molecular weight is 330 g/mol. The minimum atomic E-state index is 0.906. The summed E-state index contributed by atoms with van der Waals surface area (Å²) in [6.45, 7) is 3.75. The van der Waals surface area contributed by atoms with E-state index in [0.717, 1.165) is 48.5 Å². The molecule has 0 aliphatic carbocycles. The van der Waals surface area contributed by atoms with Gasteiger partial charge in [0.1, 0.15) is 5.69 Å². The summed E-state index contributed by atoms with van der Waals surface area (Å²) in [5.41, 5.74) is 5.53.